The fourth-order valence-corrected chi connectivity index (χ4v) is 3.50. The number of nitrogens with one attached hydrogen (secondary N) is 1. The molecule has 0 saturated heterocycles. The normalized spacial score (nSPS) is 11.2. The van der Waals surface area contributed by atoms with Crippen LogP contribution < -0.4 is 10.4 Å². The Morgan fingerprint density at radius 3 is 2.62 bits per heavy atom. The first kappa shape index (κ1) is 16.2. The molecule has 132 valence electrons. The van der Waals surface area contributed by atoms with Crippen LogP contribution in [-0.4, -0.2) is 21.8 Å². The molecule has 4 rings (SSSR count). The maximum atomic E-state index is 12.3. The number of benzene rings is 2. The smallest absolute Gasteiger partial charge is 0.326 e. The van der Waals surface area contributed by atoms with Gasteiger partial charge in [-0.15, -0.1) is 0 Å². The molecule has 0 atom stereocenters. The fraction of sp³-hybridized carbons (Fsp3) is 0.200. The first-order valence-electron chi connectivity index (χ1n) is 8.30. The highest BCUT2D eigenvalue weighted by atomic mass is 16.5. The van der Waals surface area contributed by atoms with Gasteiger partial charge in [-0.1, -0.05) is 23.4 Å². The topological polar surface area (TPSA) is 73.1 Å². The van der Waals surface area contributed by atoms with Crippen LogP contribution >= 0.6 is 0 Å². The van der Waals surface area contributed by atoms with Crippen molar-refractivity contribution in [2.24, 2.45) is 7.05 Å². The van der Waals surface area contributed by atoms with Crippen molar-refractivity contribution in [2.45, 2.75) is 13.8 Å². The summed E-state index contributed by atoms with van der Waals surface area (Å²) in [5.41, 5.74) is 5.95. The van der Waals surface area contributed by atoms with E-state index in [1.165, 1.54) is 0 Å². The predicted octanol–water partition coefficient (Wildman–Crippen LogP) is 3.81. The van der Waals surface area contributed by atoms with Gasteiger partial charge in [0.15, 0.2) is 0 Å². The van der Waals surface area contributed by atoms with Gasteiger partial charge >= 0.3 is 5.69 Å². The molecule has 26 heavy (non-hydrogen) atoms. The van der Waals surface area contributed by atoms with Crippen LogP contribution in [0.25, 0.3) is 33.3 Å². The number of aromatic amines is 1. The highest BCUT2D eigenvalue weighted by Gasteiger charge is 2.19. The van der Waals surface area contributed by atoms with E-state index in [1.54, 1.807) is 18.7 Å². The lowest BCUT2D eigenvalue weighted by molar-refractivity contribution is 0.393. The molecular formula is C20H19N3O3. The lowest BCUT2D eigenvalue weighted by Gasteiger charge is -2.12. The molecule has 0 aliphatic heterocycles. The molecule has 4 aromatic rings. The van der Waals surface area contributed by atoms with Crippen molar-refractivity contribution in [3.8, 4) is 28.0 Å². The average Bonchev–Trinajstić information content (AvgIpc) is 3.12. The van der Waals surface area contributed by atoms with E-state index >= 15 is 0 Å². The number of rotatable bonds is 3. The van der Waals surface area contributed by atoms with Gasteiger partial charge in [0.25, 0.3) is 0 Å². The van der Waals surface area contributed by atoms with Crippen LogP contribution in [0.2, 0.25) is 0 Å². The second kappa shape index (κ2) is 5.91. The Hall–Kier alpha value is -3.28. The number of methoxy groups -OCH3 is 1. The third-order valence-electron chi connectivity index (χ3n) is 4.71. The van der Waals surface area contributed by atoms with Gasteiger partial charge in [-0.05, 0) is 37.6 Å². The molecule has 0 fully saturated rings. The Morgan fingerprint density at radius 2 is 1.92 bits per heavy atom. The van der Waals surface area contributed by atoms with Gasteiger partial charge in [-0.3, -0.25) is 4.57 Å². The molecule has 2 heterocycles. The molecule has 0 amide bonds. The molecule has 0 spiro atoms. The molecule has 0 saturated carbocycles. The van der Waals surface area contributed by atoms with Crippen LogP contribution in [0.4, 0.5) is 0 Å². The third kappa shape index (κ3) is 2.34. The molecule has 2 aromatic heterocycles. The first-order chi connectivity index (χ1) is 12.5. The molecule has 1 N–H and O–H groups in total. The van der Waals surface area contributed by atoms with E-state index in [-0.39, 0.29) is 5.69 Å². The van der Waals surface area contributed by atoms with Crippen LogP contribution in [0.5, 0.6) is 5.75 Å². The van der Waals surface area contributed by atoms with Crippen LogP contribution in [0.1, 0.15) is 11.5 Å². The number of nitrogens with zero attached hydrogens (tertiary/aromatic N) is 2. The van der Waals surface area contributed by atoms with E-state index in [2.05, 4.69) is 16.2 Å². The van der Waals surface area contributed by atoms with Crippen molar-refractivity contribution < 1.29 is 9.26 Å². The zero-order valence-corrected chi connectivity index (χ0v) is 15.1. The van der Waals surface area contributed by atoms with Crippen molar-refractivity contribution in [1.82, 2.24) is 14.7 Å². The van der Waals surface area contributed by atoms with Gasteiger partial charge in [-0.2, -0.15) is 0 Å². The molecule has 0 radical (unpaired) electrons. The summed E-state index contributed by atoms with van der Waals surface area (Å²) in [6, 6.07) is 11.8. The fourth-order valence-electron chi connectivity index (χ4n) is 3.50. The summed E-state index contributed by atoms with van der Waals surface area (Å²) in [6.07, 6.45) is 0. The minimum Gasteiger partial charge on any atom is -0.496 e. The van der Waals surface area contributed by atoms with Crippen LogP contribution in [0, 0.1) is 13.8 Å². The SMILES string of the molecule is COc1ccccc1-c1cc(-c2c(C)noc2C)cc2[nH]c(=O)n(C)c12. The number of fused-ring (bicyclic) bond motifs is 1. The zero-order valence-electron chi connectivity index (χ0n) is 15.1. The summed E-state index contributed by atoms with van der Waals surface area (Å²) < 4.78 is 12.5. The Labute approximate surface area is 150 Å². The highest BCUT2D eigenvalue weighted by Crippen LogP contribution is 2.38. The summed E-state index contributed by atoms with van der Waals surface area (Å²) in [5, 5.41) is 4.05. The Balaban J connectivity index is 2.12. The number of imidazole rings is 1. The van der Waals surface area contributed by atoms with Crippen LogP contribution in [0.15, 0.2) is 45.7 Å². The molecule has 0 unspecified atom stereocenters. The summed E-state index contributed by atoms with van der Waals surface area (Å²) in [7, 11) is 3.40. The predicted molar refractivity (Wildman–Crippen MR) is 100 cm³/mol. The van der Waals surface area contributed by atoms with Crippen molar-refractivity contribution in [3.05, 3.63) is 58.3 Å². The standard InChI is InChI=1S/C20H19N3O3/c1-11-18(12(2)26-22-11)13-9-15(14-7-5-6-8-17(14)25-4)19-16(10-13)21-20(24)23(19)3/h5-10H,1-4H3,(H,21,24). The minimum atomic E-state index is -0.160. The maximum absolute atomic E-state index is 12.3. The molecule has 0 bridgehead atoms. The van der Waals surface area contributed by atoms with Crippen molar-refractivity contribution >= 4 is 11.0 Å². The summed E-state index contributed by atoms with van der Waals surface area (Å²) >= 11 is 0. The quantitative estimate of drug-likeness (QED) is 0.610. The number of aryl methyl sites for hydroxylation is 3. The first-order valence-corrected chi connectivity index (χ1v) is 8.30. The second-order valence-electron chi connectivity index (χ2n) is 6.31. The molecule has 2 aromatic carbocycles. The van der Waals surface area contributed by atoms with E-state index < -0.39 is 0 Å². The third-order valence-corrected chi connectivity index (χ3v) is 4.71. The number of hydrogen-bond donors (Lipinski definition) is 1. The van der Waals surface area contributed by atoms with Crippen LogP contribution in [-0.2, 0) is 7.05 Å². The molecule has 6 nitrogen and oxygen atoms in total. The van der Waals surface area contributed by atoms with E-state index in [9.17, 15) is 4.79 Å². The van der Waals surface area contributed by atoms with Gasteiger partial charge in [0, 0.05) is 23.7 Å². The maximum Gasteiger partial charge on any atom is 0.326 e. The Bertz CT molecular complexity index is 1160. The lowest BCUT2D eigenvalue weighted by Crippen LogP contribution is -2.12. The second-order valence-corrected chi connectivity index (χ2v) is 6.31. The molecule has 6 heteroatoms. The zero-order chi connectivity index (χ0) is 18.4. The molecule has 0 aliphatic carbocycles. The Kier molecular flexibility index (Phi) is 3.68. The number of H-pyrrole nitrogens is 1. The summed E-state index contributed by atoms with van der Waals surface area (Å²) in [6.45, 7) is 3.79. The number of aromatic nitrogens is 3. The monoisotopic (exact) mass is 349 g/mol. The van der Waals surface area contributed by atoms with Gasteiger partial charge < -0.3 is 14.2 Å². The number of para-hydroxylation sites is 1. The average molecular weight is 349 g/mol. The number of ether oxygens (including phenoxy) is 1. The Morgan fingerprint density at radius 1 is 1.15 bits per heavy atom. The highest BCUT2D eigenvalue weighted by molar-refractivity contribution is 5.98. The summed E-state index contributed by atoms with van der Waals surface area (Å²) in [4.78, 5) is 15.2. The van der Waals surface area contributed by atoms with Crippen LogP contribution in [0.3, 0.4) is 0 Å². The molecular weight excluding hydrogens is 330 g/mol. The molecule has 0 aliphatic rings. The van der Waals surface area contributed by atoms with E-state index in [4.69, 9.17) is 9.26 Å². The van der Waals surface area contributed by atoms with E-state index in [0.717, 1.165) is 50.5 Å². The van der Waals surface area contributed by atoms with E-state index in [0.29, 0.717) is 0 Å². The number of hydrogen-bond acceptors (Lipinski definition) is 4. The van der Waals surface area contributed by atoms with E-state index in [1.807, 2.05) is 44.2 Å². The van der Waals surface area contributed by atoms with Gasteiger partial charge in [0.1, 0.15) is 11.5 Å². The van der Waals surface area contributed by atoms with Crippen molar-refractivity contribution in [2.75, 3.05) is 7.11 Å². The minimum absolute atomic E-state index is 0.160. The summed E-state index contributed by atoms with van der Waals surface area (Å²) in [5.74, 6) is 1.49. The van der Waals surface area contributed by atoms with Gasteiger partial charge in [0.2, 0.25) is 0 Å². The van der Waals surface area contributed by atoms with Crippen molar-refractivity contribution in [1.29, 1.82) is 0 Å². The lowest BCUT2D eigenvalue weighted by atomic mass is 9.96. The van der Waals surface area contributed by atoms with Gasteiger partial charge in [-0.25, -0.2) is 4.79 Å². The largest absolute Gasteiger partial charge is 0.496 e. The van der Waals surface area contributed by atoms with Crippen molar-refractivity contribution in [3.63, 3.8) is 0 Å². The van der Waals surface area contributed by atoms with Gasteiger partial charge in [0.05, 0.1) is 23.8 Å².